The molecular formula is C18H30N2. The van der Waals surface area contributed by atoms with Gasteiger partial charge in [0.15, 0.2) is 0 Å². The fraction of sp³-hybridized carbons (Fsp3) is 0.667. The van der Waals surface area contributed by atoms with Crippen molar-refractivity contribution in [1.29, 1.82) is 0 Å². The lowest BCUT2D eigenvalue weighted by Gasteiger charge is -2.33. The molecule has 1 aromatic rings. The maximum atomic E-state index is 3.71. The Morgan fingerprint density at radius 2 is 1.65 bits per heavy atom. The zero-order valence-corrected chi connectivity index (χ0v) is 13.5. The molecule has 0 spiro atoms. The predicted octanol–water partition coefficient (Wildman–Crippen LogP) is 3.31. The first-order chi connectivity index (χ1) is 9.54. The van der Waals surface area contributed by atoms with E-state index in [4.69, 9.17) is 0 Å². The number of rotatable bonds is 6. The van der Waals surface area contributed by atoms with Crippen molar-refractivity contribution >= 4 is 0 Å². The molecule has 2 rings (SSSR count). The summed E-state index contributed by atoms with van der Waals surface area (Å²) in [7, 11) is 0. The van der Waals surface area contributed by atoms with Gasteiger partial charge in [0.05, 0.1) is 0 Å². The zero-order valence-electron chi connectivity index (χ0n) is 13.5. The van der Waals surface area contributed by atoms with Crippen LogP contribution in [-0.4, -0.2) is 30.6 Å². The Kier molecular flexibility index (Phi) is 5.62. The lowest BCUT2D eigenvalue weighted by molar-refractivity contribution is 0.193. The molecule has 0 saturated heterocycles. The second-order valence-corrected chi connectivity index (χ2v) is 7.06. The monoisotopic (exact) mass is 274 g/mol. The number of nitrogens with zero attached hydrogens (tertiary/aromatic N) is 1. The van der Waals surface area contributed by atoms with Gasteiger partial charge in [-0.15, -0.1) is 0 Å². The van der Waals surface area contributed by atoms with E-state index in [2.05, 4.69) is 62.2 Å². The van der Waals surface area contributed by atoms with Gasteiger partial charge in [0.2, 0.25) is 0 Å². The van der Waals surface area contributed by atoms with Gasteiger partial charge in [-0.05, 0) is 29.4 Å². The highest BCUT2D eigenvalue weighted by atomic mass is 15.2. The van der Waals surface area contributed by atoms with E-state index in [1.165, 1.54) is 37.2 Å². The van der Waals surface area contributed by atoms with Gasteiger partial charge in [0.1, 0.15) is 0 Å². The number of nitrogens with one attached hydrogen (secondary N) is 1. The Morgan fingerprint density at radius 3 is 2.25 bits per heavy atom. The van der Waals surface area contributed by atoms with Gasteiger partial charge in [-0.1, -0.05) is 52.0 Å². The third kappa shape index (κ3) is 4.60. The molecule has 0 fully saturated rings. The van der Waals surface area contributed by atoms with Crippen LogP contribution >= 0.6 is 0 Å². The minimum absolute atomic E-state index is 0.599. The maximum absolute atomic E-state index is 3.71. The molecule has 1 aliphatic heterocycles. The summed E-state index contributed by atoms with van der Waals surface area (Å²) in [4.78, 5) is 2.64. The Hall–Kier alpha value is -0.860. The molecule has 2 nitrogen and oxygen atoms in total. The molecule has 1 unspecified atom stereocenters. The molecule has 1 aromatic carbocycles. The Bertz CT molecular complexity index is 402. The molecular weight excluding hydrogens is 244 g/mol. The van der Waals surface area contributed by atoms with Gasteiger partial charge in [0.25, 0.3) is 0 Å². The quantitative estimate of drug-likeness (QED) is 0.856. The predicted molar refractivity (Wildman–Crippen MR) is 86.9 cm³/mol. The van der Waals surface area contributed by atoms with Gasteiger partial charge in [-0.2, -0.15) is 0 Å². The van der Waals surface area contributed by atoms with Gasteiger partial charge in [-0.25, -0.2) is 0 Å². The molecule has 0 saturated carbocycles. The average Bonchev–Trinajstić information content (AvgIpc) is 2.37. The van der Waals surface area contributed by atoms with E-state index in [-0.39, 0.29) is 0 Å². The average molecular weight is 274 g/mol. The number of hydrogen-bond acceptors (Lipinski definition) is 2. The van der Waals surface area contributed by atoms with E-state index < -0.39 is 0 Å². The van der Waals surface area contributed by atoms with Gasteiger partial charge >= 0.3 is 0 Å². The van der Waals surface area contributed by atoms with Crippen molar-refractivity contribution in [3.05, 3.63) is 35.4 Å². The van der Waals surface area contributed by atoms with Crippen molar-refractivity contribution in [2.45, 2.75) is 46.7 Å². The summed E-state index contributed by atoms with van der Waals surface area (Å²) in [5.74, 6) is 1.48. The highest BCUT2D eigenvalue weighted by Crippen LogP contribution is 2.17. The normalized spacial score (nSPS) is 18.9. The zero-order chi connectivity index (χ0) is 14.5. The van der Waals surface area contributed by atoms with Crippen LogP contribution in [0.1, 0.15) is 38.8 Å². The summed E-state index contributed by atoms with van der Waals surface area (Å²) in [5.41, 5.74) is 3.01. The standard InChI is InChI=1S/C18H30N2/c1-14(2)11-20(12-15(3)4)13-18-9-16-7-5-6-8-17(16)10-19-18/h5-8,14-15,18-19H,9-13H2,1-4H3. The summed E-state index contributed by atoms with van der Waals surface area (Å²) in [6, 6.07) is 9.45. The first kappa shape index (κ1) is 15.5. The third-order valence-corrected chi connectivity index (χ3v) is 3.89. The maximum Gasteiger partial charge on any atom is 0.0238 e. The number of hydrogen-bond donors (Lipinski definition) is 1. The van der Waals surface area contributed by atoms with Crippen molar-refractivity contribution in [3.63, 3.8) is 0 Å². The minimum atomic E-state index is 0.599. The topological polar surface area (TPSA) is 15.3 Å². The van der Waals surface area contributed by atoms with E-state index in [0.29, 0.717) is 6.04 Å². The van der Waals surface area contributed by atoms with E-state index >= 15 is 0 Å². The Morgan fingerprint density at radius 1 is 1.05 bits per heavy atom. The molecule has 2 heteroatoms. The largest absolute Gasteiger partial charge is 0.308 e. The van der Waals surface area contributed by atoms with Crippen molar-refractivity contribution in [1.82, 2.24) is 10.2 Å². The summed E-state index contributed by atoms with van der Waals surface area (Å²) < 4.78 is 0. The fourth-order valence-corrected chi connectivity index (χ4v) is 3.22. The van der Waals surface area contributed by atoms with Crippen LogP contribution in [0, 0.1) is 11.8 Å². The highest BCUT2D eigenvalue weighted by Gasteiger charge is 2.20. The summed E-state index contributed by atoms with van der Waals surface area (Å²) >= 11 is 0. The molecule has 1 atom stereocenters. The second-order valence-electron chi connectivity index (χ2n) is 7.06. The van der Waals surface area contributed by atoms with E-state index in [0.717, 1.165) is 18.4 Å². The molecule has 0 aromatic heterocycles. The first-order valence-corrected chi connectivity index (χ1v) is 8.07. The van der Waals surface area contributed by atoms with Gasteiger partial charge < -0.3 is 10.2 Å². The molecule has 1 N–H and O–H groups in total. The first-order valence-electron chi connectivity index (χ1n) is 8.07. The molecule has 1 aliphatic rings. The van der Waals surface area contributed by atoms with Crippen LogP contribution in [0.15, 0.2) is 24.3 Å². The Balaban J connectivity index is 1.94. The molecule has 0 bridgehead atoms. The van der Waals surface area contributed by atoms with Crippen LogP contribution in [0.2, 0.25) is 0 Å². The summed E-state index contributed by atoms with van der Waals surface area (Å²) in [6.45, 7) is 13.9. The molecule has 0 radical (unpaired) electrons. The molecule has 0 amide bonds. The lowest BCUT2D eigenvalue weighted by atomic mass is 9.95. The Labute approximate surface area is 124 Å². The van der Waals surface area contributed by atoms with Crippen molar-refractivity contribution in [3.8, 4) is 0 Å². The summed E-state index contributed by atoms with van der Waals surface area (Å²) in [5, 5.41) is 3.71. The van der Waals surface area contributed by atoms with Crippen molar-refractivity contribution < 1.29 is 0 Å². The van der Waals surface area contributed by atoms with E-state index in [1.54, 1.807) is 0 Å². The fourth-order valence-electron chi connectivity index (χ4n) is 3.22. The van der Waals surface area contributed by atoms with Crippen LogP contribution in [-0.2, 0) is 13.0 Å². The van der Waals surface area contributed by atoms with Crippen molar-refractivity contribution in [2.75, 3.05) is 19.6 Å². The van der Waals surface area contributed by atoms with Crippen LogP contribution in [0.4, 0.5) is 0 Å². The van der Waals surface area contributed by atoms with E-state index in [1.807, 2.05) is 0 Å². The molecule has 112 valence electrons. The smallest absolute Gasteiger partial charge is 0.0238 e. The van der Waals surface area contributed by atoms with Crippen LogP contribution in [0.25, 0.3) is 0 Å². The SMILES string of the molecule is CC(C)CN(CC(C)C)CC1Cc2ccccc2CN1. The minimum Gasteiger partial charge on any atom is -0.308 e. The molecule has 0 aliphatic carbocycles. The van der Waals surface area contributed by atoms with Gasteiger partial charge in [-0.3, -0.25) is 0 Å². The van der Waals surface area contributed by atoms with Crippen molar-refractivity contribution in [2.24, 2.45) is 11.8 Å². The number of benzene rings is 1. The van der Waals surface area contributed by atoms with E-state index in [9.17, 15) is 0 Å². The number of fused-ring (bicyclic) bond motifs is 1. The van der Waals surface area contributed by atoms with Crippen LogP contribution in [0.3, 0.4) is 0 Å². The second kappa shape index (κ2) is 7.24. The third-order valence-electron chi connectivity index (χ3n) is 3.89. The van der Waals surface area contributed by atoms with Crippen LogP contribution < -0.4 is 5.32 Å². The lowest BCUT2D eigenvalue weighted by Crippen LogP contribution is -2.46. The summed E-state index contributed by atoms with van der Waals surface area (Å²) in [6.07, 6.45) is 1.17. The molecule has 1 heterocycles. The van der Waals surface area contributed by atoms with Gasteiger partial charge in [0, 0.05) is 32.2 Å². The van der Waals surface area contributed by atoms with Crippen LogP contribution in [0.5, 0.6) is 0 Å². The highest BCUT2D eigenvalue weighted by molar-refractivity contribution is 5.29. The molecule has 20 heavy (non-hydrogen) atoms.